The van der Waals surface area contributed by atoms with Crippen LogP contribution in [0.25, 0.3) is 0 Å². The molecule has 14 heavy (non-hydrogen) atoms. The number of ether oxygens (including phenoxy) is 1. The largest absolute Gasteiger partial charge is 0.490 e. The third kappa shape index (κ3) is 1.75. The molecule has 1 aliphatic rings. The van der Waals surface area contributed by atoms with Crippen LogP contribution in [-0.2, 0) is 4.74 Å². The average Bonchev–Trinajstić information content (AvgIpc) is 2.65. The van der Waals surface area contributed by atoms with Crippen LogP contribution >= 0.6 is 15.9 Å². The molecule has 0 aromatic carbocycles. The summed E-state index contributed by atoms with van der Waals surface area (Å²) in [6.07, 6.45) is 5.17. The second-order valence-corrected chi connectivity index (χ2v) is 3.72. The lowest BCUT2D eigenvalue weighted by Gasteiger charge is -2.12. The first kappa shape index (κ1) is 9.52. The van der Waals surface area contributed by atoms with Crippen LogP contribution in [0.1, 0.15) is 23.2 Å². The first-order valence-electron chi connectivity index (χ1n) is 4.39. The van der Waals surface area contributed by atoms with Gasteiger partial charge in [0, 0.05) is 0 Å². The summed E-state index contributed by atoms with van der Waals surface area (Å²) in [5.74, 6) is 0.309. The maximum absolute atomic E-state index is 11.8. The number of rotatable bonds is 2. The molecular weight excluding hydrogens is 248 g/mol. The predicted octanol–water partition coefficient (Wildman–Crippen LogP) is 2.92. The van der Waals surface area contributed by atoms with E-state index < -0.39 is 0 Å². The van der Waals surface area contributed by atoms with E-state index in [4.69, 9.17) is 9.15 Å². The lowest BCUT2D eigenvalue weighted by Crippen LogP contribution is -2.11. The van der Waals surface area contributed by atoms with Crippen molar-refractivity contribution in [2.45, 2.75) is 12.8 Å². The zero-order valence-electron chi connectivity index (χ0n) is 7.46. The minimum Gasteiger partial charge on any atom is -0.490 e. The Morgan fingerprint density at radius 1 is 1.50 bits per heavy atom. The van der Waals surface area contributed by atoms with Gasteiger partial charge in [-0.05, 0) is 40.9 Å². The molecule has 0 atom stereocenters. The Balaban J connectivity index is 2.23. The third-order valence-corrected chi connectivity index (χ3v) is 2.64. The van der Waals surface area contributed by atoms with Gasteiger partial charge in [-0.2, -0.15) is 0 Å². The average molecular weight is 257 g/mol. The normalized spacial score (nSPS) is 15.9. The standard InChI is InChI=1S/C10H9BrO3/c11-10-7(4-6-14-10)9(12)8-3-1-2-5-13-8/h3-4,6H,1-2,5H2. The Labute approximate surface area is 89.9 Å². The van der Waals surface area contributed by atoms with Gasteiger partial charge in [-0.25, -0.2) is 0 Å². The van der Waals surface area contributed by atoms with Gasteiger partial charge < -0.3 is 9.15 Å². The number of carbonyl (C=O) groups is 1. The van der Waals surface area contributed by atoms with Crippen LogP contribution in [0.2, 0.25) is 0 Å². The molecule has 0 spiro atoms. The molecule has 0 unspecified atom stereocenters. The smallest absolute Gasteiger partial charge is 0.231 e. The second-order valence-electron chi connectivity index (χ2n) is 3.00. The molecule has 1 aromatic rings. The van der Waals surface area contributed by atoms with E-state index in [9.17, 15) is 4.79 Å². The van der Waals surface area contributed by atoms with Gasteiger partial charge in [0.15, 0.2) is 10.4 Å². The SMILES string of the molecule is O=C(C1=CCCCO1)c1ccoc1Br. The molecule has 0 saturated heterocycles. The molecule has 74 valence electrons. The number of hydrogen-bond donors (Lipinski definition) is 0. The van der Waals surface area contributed by atoms with Gasteiger partial charge in [0.2, 0.25) is 5.78 Å². The Morgan fingerprint density at radius 2 is 2.36 bits per heavy atom. The van der Waals surface area contributed by atoms with Crippen LogP contribution in [0.15, 0.2) is 33.3 Å². The highest BCUT2D eigenvalue weighted by molar-refractivity contribution is 9.10. The summed E-state index contributed by atoms with van der Waals surface area (Å²) in [5, 5.41) is 0. The topological polar surface area (TPSA) is 39.4 Å². The molecule has 3 nitrogen and oxygen atoms in total. The van der Waals surface area contributed by atoms with E-state index in [2.05, 4.69) is 15.9 Å². The molecule has 2 heterocycles. The molecule has 1 aliphatic heterocycles. The predicted molar refractivity (Wildman–Crippen MR) is 54.0 cm³/mol. The molecule has 0 bridgehead atoms. The first-order valence-corrected chi connectivity index (χ1v) is 5.19. The first-order chi connectivity index (χ1) is 6.79. The zero-order valence-corrected chi connectivity index (χ0v) is 9.04. The minimum atomic E-state index is -0.120. The molecule has 1 aromatic heterocycles. The lowest BCUT2D eigenvalue weighted by molar-refractivity contribution is 0.0897. The Morgan fingerprint density at radius 3 is 2.93 bits per heavy atom. The molecular formula is C10H9BrO3. The molecule has 0 N–H and O–H groups in total. The van der Waals surface area contributed by atoms with Gasteiger partial charge in [-0.15, -0.1) is 0 Å². The van der Waals surface area contributed by atoms with Crippen molar-refractivity contribution < 1.29 is 13.9 Å². The zero-order chi connectivity index (χ0) is 9.97. The van der Waals surface area contributed by atoms with E-state index in [1.807, 2.05) is 6.08 Å². The summed E-state index contributed by atoms with van der Waals surface area (Å²) >= 11 is 3.16. The Kier molecular flexibility index (Phi) is 2.72. The highest BCUT2D eigenvalue weighted by Crippen LogP contribution is 2.23. The number of carbonyl (C=O) groups excluding carboxylic acids is 1. The molecule has 4 heteroatoms. The fourth-order valence-electron chi connectivity index (χ4n) is 1.30. The second kappa shape index (κ2) is 4.00. The van der Waals surface area contributed by atoms with Crippen molar-refractivity contribution in [2.75, 3.05) is 6.61 Å². The van der Waals surface area contributed by atoms with Crippen molar-refractivity contribution in [1.29, 1.82) is 0 Å². The highest BCUT2D eigenvalue weighted by atomic mass is 79.9. The van der Waals surface area contributed by atoms with Crippen molar-refractivity contribution >= 4 is 21.7 Å². The quantitative estimate of drug-likeness (QED) is 0.764. The molecule has 0 radical (unpaired) electrons. The number of hydrogen-bond acceptors (Lipinski definition) is 3. The minimum absolute atomic E-state index is 0.120. The van der Waals surface area contributed by atoms with Crippen molar-refractivity contribution in [1.82, 2.24) is 0 Å². The maximum atomic E-state index is 11.8. The van der Waals surface area contributed by atoms with Crippen molar-refractivity contribution in [2.24, 2.45) is 0 Å². The molecule has 0 fully saturated rings. The number of halogens is 1. The van der Waals surface area contributed by atoms with Crippen molar-refractivity contribution in [3.63, 3.8) is 0 Å². The fourth-order valence-corrected chi connectivity index (χ4v) is 1.72. The Bertz CT molecular complexity index is 378. The van der Waals surface area contributed by atoms with Crippen LogP contribution < -0.4 is 0 Å². The van der Waals surface area contributed by atoms with Gasteiger partial charge in [-0.1, -0.05) is 0 Å². The van der Waals surface area contributed by atoms with E-state index in [1.54, 1.807) is 6.07 Å². The summed E-state index contributed by atoms with van der Waals surface area (Å²) in [6, 6.07) is 1.63. The molecule has 0 amide bonds. The number of furan rings is 1. The van der Waals surface area contributed by atoms with Gasteiger partial charge in [0.05, 0.1) is 18.4 Å². The van der Waals surface area contributed by atoms with Crippen LogP contribution in [0.4, 0.5) is 0 Å². The summed E-state index contributed by atoms with van der Waals surface area (Å²) in [4.78, 5) is 11.8. The van der Waals surface area contributed by atoms with Crippen LogP contribution in [0.5, 0.6) is 0 Å². The van der Waals surface area contributed by atoms with E-state index in [-0.39, 0.29) is 5.78 Å². The van der Waals surface area contributed by atoms with Crippen molar-refractivity contribution in [3.05, 3.63) is 34.4 Å². The van der Waals surface area contributed by atoms with Gasteiger partial charge in [0.25, 0.3) is 0 Å². The summed E-state index contributed by atoms with van der Waals surface area (Å²) in [5.41, 5.74) is 0.512. The lowest BCUT2D eigenvalue weighted by atomic mass is 10.1. The summed E-state index contributed by atoms with van der Waals surface area (Å²) in [6.45, 7) is 0.618. The summed E-state index contributed by atoms with van der Waals surface area (Å²) < 4.78 is 10.7. The summed E-state index contributed by atoms with van der Waals surface area (Å²) in [7, 11) is 0. The molecule has 0 aliphatic carbocycles. The monoisotopic (exact) mass is 256 g/mol. The van der Waals surface area contributed by atoms with Gasteiger partial charge in [-0.3, -0.25) is 4.79 Å². The van der Waals surface area contributed by atoms with Crippen LogP contribution in [0, 0.1) is 0 Å². The van der Waals surface area contributed by atoms with Gasteiger partial charge in [0.1, 0.15) is 0 Å². The fraction of sp³-hybridized carbons (Fsp3) is 0.300. The van der Waals surface area contributed by atoms with E-state index in [1.165, 1.54) is 6.26 Å². The maximum Gasteiger partial charge on any atom is 0.231 e. The van der Waals surface area contributed by atoms with E-state index in [0.29, 0.717) is 22.6 Å². The van der Waals surface area contributed by atoms with Crippen LogP contribution in [0.3, 0.4) is 0 Å². The number of ketones is 1. The highest BCUT2D eigenvalue weighted by Gasteiger charge is 2.19. The van der Waals surface area contributed by atoms with Crippen LogP contribution in [-0.4, -0.2) is 12.4 Å². The number of Topliss-reactive ketones (excluding diaryl/α,β-unsaturated/α-hetero) is 1. The van der Waals surface area contributed by atoms with Gasteiger partial charge >= 0.3 is 0 Å². The number of allylic oxidation sites excluding steroid dienone is 2. The van der Waals surface area contributed by atoms with E-state index in [0.717, 1.165) is 12.8 Å². The molecule has 2 rings (SSSR count). The molecule has 0 saturated carbocycles. The Hall–Kier alpha value is -1.03. The van der Waals surface area contributed by atoms with Crippen molar-refractivity contribution in [3.8, 4) is 0 Å². The third-order valence-electron chi connectivity index (χ3n) is 2.02. The van der Waals surface area contributed by atoms with E-state index >= 15 is 0 Å².